The van der Waals surface area contributed by atoms with Gasteiger partial charge in [0.15, 0.2) is 0 Å². The molecule has 2 aromatic heterocycles. The van der Waals surface area contributed by atoms with E-state index < -0.39 is 5.60 Å². The zero-order valence-corrected chi connectivity index (χ0v) is 16.2. The Morgan fingerprint density at radius 3 is 2.71 bits per heavy atom. The van der Waals surface area contributed by atoms with Crippen molar-refractivity contribution >= 4 is 17.4 Å². The van der Waals surface area contributed by atoms with E-state index in [1.807, 2.05) is 44.6 Å². The Morgan fingerprint density at radius 1 is 1.42 bits per heavy atom. The van der Waals surface area contributed by atoms with Crippen LogP contribution in [0.5, 0.6) is 0 Å². The Kier molecular flexibility index (Phi) is 5.70. The van der Waals surface area contributed by atoms with Crippen molar-refractivity contribution in [1.29, 1.82) is 0 Å². The fourth-order valence-electron chi connectivity index (χ4n) is 2.70. The Morgan fingerprint density at radius 2 is 2.12 bits per heavy atom. The lowest BCUT2D eigenvalue weighted by Gasteiger charge is -2.20. The molecule has 24 heavy (non-hydrogen) atoms. The molecule has 0 radical (unpaired) electrons. The third kappa shape index (κ3) is 4.84. The first-order valence-corrected chi connectivity index (χ1v) is 9.03. The van der Waals surface area contributed by atoms with Crippen LogP contribution in [0.1, 0.15) is 54.7 Å². The predicted octanol–water partition coefficient (Wildman–Crippen LogP) is 4.24. The van der Waals surface area contributed by atoms with Crippen LogP contribution in [0.3, 0.4) is 0 Å². The van der Waals surface area contributed by atoms with E-state index in [0.29, 0.717) is 13.0 Å². The van der Waals surface area contributed by atoms with E-state index in [1.165, 1.54) is 15.3 Å². The zero-order valence-electron chi connectivity index (χ0n) is 15.3. The average Bonchev–Trinajstić information content (AvgIpc) is 3.02. The highest BCUT2D eigenvalue weighted by Gasteiger charge is 2.17. The summed E-state index contributed by atoms with van der Waals surface area (Å²) in [4.78, 5) is 18.7. The SMILES string of the molecule is Cc1cc(C(C)n2cncc2CCNC(=O)OC(C)(C)C)c(C)s1. The highest BCUT2D eigenvalue weighted by atomic mass is 32.1. The predicted molar refractivity (Wildman–Crippen MR) is 97.8 cm³/mol. The van der Waals surface area contributed by atoms with Gasteiger partial charge < -0.3 is 14.6 Å². The van der Waals surface area contributed by atoms with Crippen LogP contribution in [0.4, 0.5) is 4.79 Å². The maximum atomic E-state index is 11.7. The third-order valence-corrected chi connectivity index (χ3v) is 4.72. The van der Waals surface area contributed by atoms with Crippen LogP contribution in [0.25, 0.3) is 0 Å². The normalized spacial score (nSPS) is 12.9. The number of ether oxygens (including phenoxy) is 1. The number of nitrogens with one attached hydrogen (secondary N) is 1. The minimum atomic E-state index is -0.477. The summed E-state index contributed by atoms with van der Waals surface area (Å²) in [5.74, 6) is 0. The molecule has 2 aromatic rings. The van der Waals surface area contributed by atoms with Crippen LogP contribution in [0.15, 0.2) is 18.6 Å². The number of hydrogen-bond acceptors (Lipinski definition) is 4. The van der Waals surface area contributed by atoms with E-state index in [2.05, 4.69) is 41.7 Å². The number of aromatic nitrogens is 2. The van der Waals surface area contributed by atoms with Crippen LogP contribution < -0.4 is 5.32 Å². The highest BCUT2D eigenvalue weighted by Crippen LogP contribution is 2.29. The molecule has 0 bridgehead atoms. The molecule has 1 N–H and O–H groups in total. The first-order chi connectivity index (χ1) is 11.2. The molecule has 1 atom stereocenters. The molecule has 5 nitrogen and oxygen atoms in total. The number of alkyl carbamates (subject to hydrolysis) is 1. The van der Waals surface area contributed by atoms with Gasteiger partial charge in [0.05, 0.1) is 12.4 Å². The number of amides is 1. The van der Waals surface area contributed by atoms with Crippen molar-refractivity contribution in [2.75, 3.05) is 6.54 Å². The minimum Gasteiger partial charge on any atom is -0.444 e. The zero-order chi connectivity index (χ0) is 17.9. The maximum Gasteiger partial charge on any atom is 0.407 e. The molecule has 0 aliphatic rings. The van der Waals surface area contributed by atoms with Gasteiger partial charge in [0.25, 0.3) is 0 Å². The molecule has 0 saturated heterocycles. The number of thiophene rings is 1. The van der Waals surface area contributed by atoms with Gasteiger partial charge in [0.1, 0.15) is 5.60 Å². The minimum absolute atomic E-state index is 0.231. The van der Waals surface area contributed by atoms with Crippen LogP contribution in [0.2, 0.25) is 0 Å². The van der Waals surface area contributed by atoms with E-state index >= 15 is 0 Å². The van der Waals surface area contributed by atoms with Gasteiger partial charge in [-0.2, -0.15) is 0 Å². The number of imidazole rings is 1. The molecule has 0 aliphatic carbocycles. The summed E-state index contributed by atoms with van der Waals surface area (Å²) < 4.78 is 7.42. The molecule has 2 rings (SSSR count). The first kappa shape index (κ1) is 18.5. The van der Waals surface area contributed by atoms with E-state index in [1.54, 1.807) is 0 Å². The fourth-order valence-corrected chi connectivity index (χ4v) is 3.71. The molecule has 2 heterocycles. The van der Waals surface area contributed by atoms with Gasteiger partial charge in [-0.1, -0.05) is 0 Å². The number of rotatable bonds is 5. The van der Waals surface area contributed by atoms with Gasteiger partial charge in [0, 0.05) is 34.6 Å². The van der Waals surface area contributed by atoms with Crippen molar-refractivity contribution < 1.29 is 9.53 Å². The smallest absolute Gasteiger partial charge is 0.407 e. The number of aryl methyl sites for hydroxylation is 2. The van der Waals surface area contributed by atoms with Crippen molar-refractivity contribution in [2.24, 2.45) is 0 Å². The molecule has 0 aromatic carbocycles. The Balaban J connectivity index is 1.98. The van der Waals surface area contributed by atoms with Gasteiger partial charge in [-0.05, 0) is 53.2 Å². The lowest BCUT2D eigenvalue weighted by Crippen LogP contribution is -2.33. The summed E-state index contributed by atoms with van der Waals surface area (Å²) in [7, 11) is 0. The lowest BCUT2D eigenvalue weighted by molar-refractivity contribution is 0.0528. The van der Waals surface area contributed by atoms with Crippen molar-refractivity contribution in [3.63, 3.8) is 0 Å². The van der Waals surface area contributed by atoms with E-state index in [9.17, 15) is 4.79 Å². The van der Waals surface area contributed by atoms with Crippen LogP contribution in [-0.4, -0.2) is 27.8 Å². The van der Waals surface area contributed by atoms with Crippen molar-refractivity contribution in [3.05, 3.63) is 39.6 Å². The number of carbonyl (C=O) groups excluding carboxylic acids is 1. The molecule has 0 fully saturated rings. The topological polar surface area (TPSA) is 56.2 Å². The average molecular weight is 350 g/mol. The Labute approximate surface area is 148 Å². The molecule has 1 amide bonds. The molecule has 0 saturated carbocycles. The molecular weight excluding hydrogens is 322 g/mol. The summed E-state index contributed by atoms with van der Waals surface area (Å²) in [5, 5.41) is 2.80. The maximum absolute atomic E-state index is 11.7. The molecule has 0 aliphatic heterocycles. The van der Waals surface area contributed by atoms with E-state index in [4.69, 9.17) is 4.74 Å². The highest BCUT2D eigenvalue weighted by molar-refractivity contribution is 7.12. The first-order valence-electron chi connectivity index (χ1n) is 8.22. The van der Waals surface area contributed by atoms with Gasteiger partial charge in [-0.15, -0.1) is 11.3 Å². The van der Waals surface area contributed by atoms with Gasteiger partial charge in [0.2, 0.25) is 0 Å². The monoisotopic (exact) mass is 349 g/mol. The molecule has 6 heteroatoms. The van der Waals surface area contributed by atoms with Crippen LogP contribution in [0, 0.1) is 13.8 Å². The summed E-state index contributed by atoms with van der Waals surface area (Å²) in [6.07, 6.45) is 4.05. The standard InChI is InChI=1S/C18H27N3O2S/c1-12-9-16(14(3)24-12)13(2)21-11-19-10-15(21)7-8-20-17(22)23-18(4,5)6/h9-11,13H,7-8H2,1-6H3,(H,20,22). The summed E-state index contributed by atoms with van der Waals surface area (Å²) in [6, 6.07) is 2.47. The van der Waals surface area contributed by atoms with Crippen molar-refractivity contribution in [1.82, 2.24) is 14.9 Å². The van der Waals surface area contributed by atoms with Crippen LogP contribution >= 0.6 is 11.3 Å². The molecular formula is C18H27N3O2S. The van der Waals surface area contributed by atoms with Crippen molar-refractivity contribution in [3.8, 4) is 0 Å². The van der Waals surface area contributed by atoms with Crippen molar-refractivity contribution in [2.45, 2.75) is 59.6 Å². The lowest BCUT2D eigenvalue weighted by atomic mass is 10.1. The molecule has 1 unspecified atom stereocenters. The van der Waals surface area contributed by atoms with E-state index in [-0.39, 0.29) is 12.1 Å². The second-order valence-corrected chi connectivity index (χ2v) is 8.48. The third-order valence-electron chi connectivity index (χ3n) is 3.74. The number of nitrogens with zero attached hydrogens (tertiary/aromatic N) is 2. The fraction of sp³-hybridized carbons (Fsp3) is 0.556. The van der Waals surface area contributed by atoms with Crippen LogP contribution in [-0.2, 0) is 11.2 Å². The molecule has 132 valence electrons. The molecule has 0 spiro atoms. The Hall–Kier alpha value is -1.82. The van der Waals surface area contributed by atoms with Gasteiger partial charge in [-0.3, -0.25) is 0 Å². The second-order valence-electron chi connectivity index (χ2n) is 7.02. The van der Waals surface area contributed by atoms with E-state index in [0.717, 1.165) is 5.69 Å². The summed E-state index contributed by atoms with van der Waals surface area (Å²) >= 11 is 1.82. The number of hydrogen-bond donors (Lipinski definition) is 1. The summed E-state index contributed by atoms with van der Waals surface area (Å²) in [6.45, 7) is 12.6. The Bertz CT molecular complexity index is 697. The quantitative estimate of drug-likeness (QED) is 0.878. The largest absolute Gasteiger partial charge is 0.444 e. The van der Waals surface area contributed by atoms with Gasteiger partial charge >= 0.3 is 6.09 Å². The van der Waals surface area contributed by atoms with Gasteiger partial charge in [-0.25, -0.2) is 9.78 Å². The summed E-state index contributed by atoms with van der Waals surface area (Å²) in [5.41, 5.74) is 1.95. The second kappa shape index (κ2) is 7.38. The number of carbonyl (C=O) groups is 1.